The Bertz CT molecular complexity index is 491. The van der Waals surface area contributed by atoms with Crippen LogP contribution in [0.1, 0.15) is 30.2 Å². The third kappa shape index (κ3) is 1.70. The molecule has 1 aromatic heterocycles. The quantitative estimate of drug-likeness (QED) is 0.837. The number of rotatable bonds is 3. The summed E-state index contributed by atoms with van der Waals surface area (Å²) in [5, 5.41) is 21.9. The second-order valence-corrected chi connectivity index (χ2v) is 4.95. The van der Waals surface area contributed by atoms with E-state index in [9.17, 15) is 0 Å². The predicted octanol–water partition coefficient (Wildman–Crippen LogP) is 2.28. The molecular weight excluding hydrogens is 220 g/mol. The van der Waals surface area contributed by atoms with Crippen LogP contribution in [0.2, 0.25) is 0 Å². The van der Waals surface area contributed by atoms with Crippen molar-refractivity contribution in [2.45, 2.75) is 25.8 Å². The molecule has 2 rings (SSSR count). The molecule has 3 N–H and O–H groups in total. The van der Waals surface area contributed by atoms with E-state index in [-0.39, 0.29) is 0 Å². The zero-order valence-electron chi connectivity index (χ0n) is 8.95. The number of hydrogen-bond acceptors (Lipinski definition) is 5. The van der Waals surface area contributed by atoms with Gasteiger partial charge < -0.3 is 11.1 Å². The van der Waals surface area contributed by atoms with E-state index in [4.69, 9.17) is 16.3 Å². The summed E-state index contributed by atoms with van der Waals surface area (Å²) in [6, 6.07) is 4.51. The molecule has 16 heavy (non-hydrogen) atoms. The molecule has 1 saturated carbocycles. The van der Waals surface area contributed by atoms with Crippen molar-refractivity contribution in [1.82, 2.24) is 0 Å². The van der Waals surface area contributed by atoms with Crippen LogP contribution >= 0.6 is 11.3 Å². The van der Waals surface area contributed by atoms with E-state index in [1.807, 2.05) is 6.07 Å². The number of nitriles is 2. The third-order valence-corrected chi connectivity index (χ3v) is 3.96. The van der Waals surface area contributed by atoms with E-state index < -0.39 is 0 Å². The average molecular weight is 232 g/mol. The van der Waals surface area contributed by atoms with Crippen molar-refractivity contribution >= 4 is 22.0 Å². The van der Waals surface area contributed by atoms with E-state index in [0.717, 1.165) is 17.8 Å². The normalized spacial score (nSPS) is 22.2. The maximum atomic E-state index is 8.99. The Balaban J connectivity index is 2.22. The molecule has 2 atom stereocenters. The summed E-state index contributed by atoms with van der Waals surface area (Å²) in [7, 11) is 0. The minimum atomic E-state index is 0.311. The number of nitrogens with two attached hydrogens (primary N) is 1. The molecule has 82 valence electrons. The second-order valence-electron chi connectivity index (χ2n) is 3.93. The van der Waals surface area contributed by atoms with Crippen molar-refractivity contribution in [2.24, 2.45) is 5.92 Å². The van der Waals surface area contributed by atoms with Crippen molar-refractivity contribution < 1.29 is 0 Å². The number of nitrogens with one attached hydrogen (secondary N) is 1. The molecule has 1 aliphatic rings. The summed E-state index contributed by atoms with van der Waals surface area (Å²) in [6.07, 6.45) is 2.28. The predicted molar refractivity (Wildman–Crippen MR) is 64.0 cm³/mol. The van der Waals surface area contributed by atoms with Crippen molar-refractivity contribution in [3.05, 3.63) is 10.4 Å². The van der Waals surface area contributed by atoms with Gasteiger partial charge in [-0.25, -0.2) is 0 Å². The summed E-state index contributed by atoms with van der Waals surface area (Å²) < 4.78 is 0. The van der Waals surface area contributed by atoms with E-state index in [2.05, 4.69) is 18.3 Å². The molecule has 0 spiro atoms. The van der Waals surface area contributed by atoms with Crippen molar-refractivity contribution in [3.8, 4) is 12.1 Å². The van der Waals surface area contributed by atoms with Gasteiger partial charge in [-0.2, -0.15) is 10.5 Å². The van der Waals surface area contributed by atoms with Crippen LogP contribution in [-0.4, -0.2) is 6.04 Å². The molecule has 0 amide bonds. The first-order valence-corrected chi connectivity index (χ1v) is 6.01. The molecule has 0 saturated heterocycles. The van der Waals surface area contributed by atoms with Crippen molar-refractivity contribution in [3.63, 3.8) is 0 Å². The molecular formula is C11H12N4S. The van der Waals surface area contributed by atoms with E-state index in [1.54, 1.807) is 0 Å². The highest BCUT2D eigenvalue weighted by Gasteiger charge is 2.36. The zero-order valence-corrected chi connectivity index (χ0v) is 9.77. The lowest BCUT2D eigenvalue weighted by molar-refractivity contribution is 0.775. The lowest BCUT2D eigenvalue weighted by Crippen LogP contribution is -2.04. The van der Waals surface area contributed by atoms with Gasteiger partial charge in [-0.05, 0) is 12.3 Å². The van der Waals surface area contributed by atoms with Gasteiger partial charge in [-0.3, -0.25) is 0 Å². The fourth-order valence-corrected chi connectivity index (χ4v) is 2.71. The monoisotopic (exact) mass is 232 g/mol. The Morgan fingerprint density at radius 3 is 2.75 bits per heavy atom. The molecule has 1 heterocycles. The number of thiophene rings is 1. The summed E-state index contributed by atoms with van der Waals surface area (Å²) in [4.78, 5) is 0.424. The Labute approximate surface area is 98.3 Å². The molecule has 0 radical (unpaired) electrons. The Morgan fingerprint density at radius 1 is 1.50 bits per heavy atom. The van der Waals surface area contributed by atoms with E-state index in [1.165, 1.54) is 11.3 Å². The summed E-state index contributed by atoms with van der Waals surface area (Å²) in [5.41, 5.74) is 6.44. The molecule has 0 aromatic carbocycles. The fraction of sp³-hybridized carbons (Fsp3) is 0.455. The van der Waals surface area contributed by atoms with Crippen molar-refractivity contribution in [1.29, 1.82) is 10.5 Å². The highest BCUT2D eigenvalue weighted by molar-refractivity contribution is 7.17. The average Bonchev–Trinajstić information content (AvgIpc) is 2.96. The minimum absolute atomic E-state index is 0.311. The highest BCUT2D eigenvalue weighted by atomic mass is 32.1. The molecule has 0 aliphatic heterocycles. The molecule has 1 aromatic rings. The molecule has 2 unspecified atom stereocenters. The first kappa shape index (κ1) is 10.8. The van der Waals surface area contributed by atoms with Crippen LogP contribution in [0.15, 0.2) is 0 Å². The van der Waals surface area contributed by atoms with Crippen LogP contribution in [0, 0.1) is 28.6 Å². The van der Waals surface area contributed by atoms with Gasteiger partial charge in [0.1, 0.15) is 27.6 Å². The Kier molecular flexibility index (Phi) is 2.72. The molecule has 5 heteroatoms. The second kappa shape index (κ2) is 4.03. The van der Waals surface area contributed by atoms with Crippen LogP contribution in [0.5, 0.6) is 0 Å². The van der Waals surface area contributed by atoms with Gasteiger partial charge in [-0.15, -0.1) is 11.3 Å². The van der Waals surface area contributed by atoms with Gasteiger partial charge in [-0.1, -0.05) is 13.3 Å². The fourth-order valence-electron chi connectivity index (χ4n) is 1.78. The van der Waals surface area contributed by atoms with Gasteiger partial charge in [0.2, 0.25) is 0 Å². The molecule has 0 bridgehead atoms. The highest BCUT2D eigenvalue weighted by Crippen LogP contribution is 2.41. The van der Waals surface area contributed by atoms with E-state index >= 15 is 0 Å². The van der Waals surface area contributed by atoms with Gasteiger partial charge >= 0.3 is 0 Å². The maximum Gasteiger partial charge on any atom is 0.131 e. The third-order valence-electron chi connectivity index (χ3n) is 2.92. The van der Waals surface area contributed by atoms with Crippen LogP contribution in [0.4, 0.5) is 10.7 Å². The zero-order chi connectivity index (χ0) is 11.7. The van der Waals surface area contributed by atoms with Crippen LogP contribution in [-0.2, 0) is 0 Å². The van der Waals surface area contributed by atoms with Crippen molar-refractivity contribution in [2.75, 3.05) is 11.1 Å². The lowest BCUT2D eigenvalue weighted by Gasteiger charge is -2.01. The topological polar surface area (TPSA) is 85.6 Å². The summed E-state index contributed by atoms with van der Waals surface area (Å²) in [6.45, 7) is 2.15. The Hall–Kier alpha value is -1.72. The molecule has 1 fully saturated rings. The number of anilines is 2. The largest absolute Gasteiger partial charge is 0.396 e. The summed E-state index contributed by atoms with van der Waals surface area (Å²) in [5.74, 6) is 0.695. The Morgan fingerprint density at radius 2 is 2.25 bits per heavy atom. The minimum Gasteiger partial charge on any atom is -0.396 e. The number of nitrogens with zero attached hydrogens (tertiary/aromatic N) is 2. The number of hydrogen-bond donors (Lipinski definition) is 2. The molecule has 4 nitrogen and oxygen atoms in total. The first-order chi connectivity index (χ1) is 7.71. The SMILES string of the molecule is CCC1CC1Nc1sc(C#N)c(N)c1C#N. The van der Waals surface area contributed by atoms with Gasteiger partial charge in [0.05, 0.1) is 5.69 Å². The van der Waals surface area contributed by atoms with Gasteiger partial charge in [0.25, 0.3) is 0 Å². The first-order valence-electron chi connectivity index (χ1n) is 5.20. The van der Waals surface area contributed by atoms with Crippen LogP contribution in [0.25, 0.3) is 0 Å². The van der Waals surface area contributed by atoms with E-state index in [0.29, 0.717) is 28.1 Å². The van der Waals surface area contributed by atoms with Crippen LogP contribution in [0.3, 0.4) is 0 Å². The van der Waals surface area contributed by atoms with Crippen LogP contribution < -0.4 is 11.1 Å². The smallest absolute Gasteiger partial charge is 0.131 e. The molecule has 1 aliphatic carbocycles. The lowest BCUT2D eigenvalue weighted by atomic mass is 10.2. The standard InChI is InChI=1S/C11H12N4S/c1-2-6-3-8(6)15-11-7(4-12)10(14)9(5-13)16-11/h6,8,15H,2-3,14H2,1H3. The van der Waals surface area contributed by atoms with Gasteiger partial charge in [0.15, 0.2) is 0 Å². The number of nitrogen functional groups attached to an aromatic ring is 1. The van der Waals surface area contributed by atoms with Gasteiger partial charge in [0, 0.05) is 6.04 Å². The maximum absolute atomic E-state index is 8.99. The summed E-state index contributed by atoms with van der Waals surface area (Å²) >= 11 is 1.27.